The molecule has 4 heterocycles. The number of carbonyl (C=O) groups is 1. The lowest BCUT2D eigenvalue weighted by atomic mass is 10.1. The third-order valence-electron chi connectivity index (χ3n) is 4.80. The van der Waals surface area contributed by atoms with E-state index in [0.717, 1.165) is 24.2 Å². The van der Waals surface area contributed by atoms with Crippen molar-refractivity contribution in [3.8, 4) is 0 Å². The highest BCUT2D eigenvalue weighted by Gasteiger charge is 2.21. The number of pyridine rings is 1. The first-order valence-corrected chi connectivity index (χ1v) is 9.74. The molecule has 0 bridgehead atoms. The number of carbonyl (C=O) groups excluding carboxylic acids is 1. The lowest BCUT2D eigenvalue weighted by Gasteiger charge is -2.19. The highest BCUT2D eigenvalue weighted by atomic mass is 32.1. The van der Waals surface area contributed by atoms with E-state index in [1.54, 1.807) is 17.0 Å². The van der Waals surface area contributed by atoms with E-state index in [4.69, 9.17) is 0 Å². The number of hydrogen-bond donors (Lipinski definition) is 0. The van der Waals surface area contributed by atoms with Gasteiger partial charge < -0.3 is 4.90 Å². The molecule has 0 unspecified atom stereocenters. The molecule has 0 fully saturated rings. The predicted molar refractivity (Wildman–Crippen MR) is 101 cm³/mol. The number of fused-ring (bicyclic) bond motifs is 2. The average molecular weight is 368 g/mol. The fourth-order valence-electron chi connectivity index (χ4n) is 3.38. The summed E-state index contributed by atoms with van der Waals surface area (Å²) in [4.78, 5) is 35.7. The Morgan fingerprint density at radius 3 is 2.85 bits per heavy atom. The molecule has 0 aliphatic carbocycles. The maximum absolute atomic E-state index is 12.6. The summed E-state index contributed by atoms with van der Waals surface area (Å²) < 4.78 is 2.44. The third kappa shape index (κ3) is 3.39. The Balaban J connectivity index is 1.40. The molecule has 3 aromatic rings. The van der Waals surface area contributed by atoms with Crippen molar-refractivity contribution in [1.29, 1.82) is 0 Å². The van der Waals surface area contributed by atoms with Crippen molar-refractivity contribution in [2.75, 3.05) is 13.1 Å². The minimum absolute atomic E-state index is 0.0204. The van der Waals surface area contributed by atoms with E-state index in [1.165, 1.54) is 16.9 Å². The van der Waals surface area contributed by atoms with Gasteiger partial charge in [-0.1, -0.05) is 0 Å². The van der Waals surface area contributed by atoms with Crippen molar-refractivity contribution < 1.29 is 4.79 Å². The topological polar surface area (TPSA) is 68.1 Å². The zero-order valence-electron chi connectivity index (χ0n) is 14.4. The zero-order valence-corrected chi connectivity index (χ0v) is 15.2. The molecule has 3 aromatic heterocycles. The molecular formula is C19H20N4O2S. The van der Waals surface area contributed by atoms with Crippen LogP contribution in [0.15, 0.2) is 40.8 Å². The van der Waals surface area contributed by atoms with E-state index >= 15 is 0 Å². The van der Waals surface area contributed by atoms with Gasteiger partial charge in [-0.15, -0.1) is 11.3 Å². The Kier molecular flexibility index (Phi) is 4.79. The van der Waals surface area contributed by atoms with Crippen LogP contribution in [0.2, 0.25) is 0 Å². The maximum atomic E-state index is 12.6. The van der Waals surface area contributed by atoms with Crippen molar-refractivity contribution in [1.82, 2.24) is 19.4 Å². The van der Waals surface area contributed by atoms with Gasteiger partial charge in [0, 0.05) is 44.9 Å². The summed E-state index contributed by atoms with van der Waals surface area (Å²) >= 11 is 1.43. The third-order valence-corrected chi connectivity index (χ3v) is 5.69. The van der Waals surface area contributed by atoms with E-state index in [0.29, 0.717) is 37.2 Å². The van der Waals surface area contributed by atoms with Crippen LogP contribution in [0.3, 0.4) is 0 Å². The fraction of sp³-hybridized carbons (Fsp3) is 0.368. The normalized spacial score (nSPS) is 14.2. The highest BCUT2D eigenvalue weighted by Crippen LogP contribution is 2.17. The molecule has 4 rings (SSSR count). The summed E-state index contributed by atoms with van der Waals surface area (Å²) in [5, 5.41) is 1.90. The van der Waals surface area contributed by atoms with E-state index in [1.807, 2.05) is 28.5 Å². The molecule has 1 aliphatic rings. The molecule has 7 heteroatoms. The van der Waals surface area contributed by atoms with Gasteiger partial charge in [-0.3, -0.25) is 19.1 Å². The van der Waals surface area contributed by atoms with Crippen molar-refractivity contribution in [3.05, 3.63) is 57.7 Å². The molecule has 0 N–H and O–H groups in total. The number of rotatable bonds is 4. The van der Waals surface area contributed by atoms with Gasteiger partial charge >= 0.3 is 0 Å². The lowest BCUT2D eigenvalue weighted by Crippen LogP contribution is -2.34. The van der Waals surface area contributed by atoms with Crippen LogP contribution in [0.4, 0.5) is 0 Å². The Bertz CT molecular complexity index is 980. The standard InChI is InChI=1S/C19H20N4O2S/c24-17(3-1-2-14-4-8-20-9-5-14)22-10-6-16-21-15-7-13-26-18(15)19(25)23(16)12-11-22/h4-5,7-9,13H,1-3,6,10-12H2. The second-order valence-corrected chi connectivity index (χ2v) is 7.38. The summed E-state index contributed by atoms with van der Waals surface area (Å²) in [6.45, 7) is 1.71. The molecule has 6 nitrogen and oxygen atoms in total. The van der Waals surface area contributed by atoms with Gasteiger partial charge in [0.2, 0.25) is 5.91 Å². The van der Waals surface area contributed by atoms with Crippen molar-refractivity contribution >= 4 is 27.5 Å². The summed E-state index contributed by atoms with van der Waals surface area (Å²) in [5.41, 5.74) is 1.99. The molecule has 1 amide bonds. The molecule has 0 spiro atoms. The Hall–Kier alpha value is -2.54. The Labute approximate surface area is 155 Å². The van der Waals surface area contributed by atoms with Crippen LogP contribution in [0.1, 0.15) is 24.2 Å². The average Bonchev–Trinajstić information content (AvgIpc) is 3.02. The van der Waals surface area contributed by atoms with Crippen LogP contribution in [-0.4, -0.2) is 38.4 Å². The first kappa shape index (κ1) is 16.9. The second-order valence-electron chi connectivity index (χ2n) is 6.46. The second kappa shape index (κ2) is 7.37. The molecule has 0 radical (unpaired) electrons. The van der Waals surface area contributed by atoms with Gasteiger partial charge in [0.1, 0.15) is 10.5 Å². The summed E-state index contributed by atoms with van der Waals surface area (Å²) in [6, 6.07) is 5.85. The van der Waals surface area contributed by atoms with Gasteiger partial charge in [-0.05, 0) is 42.0 Å². The Morgan fingerprint density at radius 2 is 2.00 bits per heavy atom. The molecule has 26 heavy (non-hydrogen) atoms. The lowest BCUT2D eigenvalue weighted by molar-refractivity contribution is -0.131. The zero-order chi connectivity index (χ0) is 17.9. The Morgan fingerprint density at radius 1 is 1.15 bits per heavy atom. The number of amides is 1. The summed E-state index contributed by atoms with van der Waals surface area (Å²) in [6.07, 6.45) is 6.39. The van der Waals surface area contributed by atoms with Gasteiger partial charge in [0.25, 0.3) is 5.56 Å². The highest BCUT2D eigenvalue weighted by molar-refractivity contribution is 7.17. The minimum atomic E-state index is 0.0204. The van der Waals surface area contributed by atoms with Crippen LogP contribution in [0.5, 0.6) is 0 Å². The number of hydrogen-bond acceptors (Lipinski definition) is 5. The van der Waals surface area contributed by atoms with Gasteiger partial charge in [-0.2, -0.15) is 0 Å². The van der Waals surface area contributed by atoms with E-state index in [9.17, 15) is 9.59 Å². The van der Waals surface area contributed by atoms with Crippen LogP contribution in [0.25, 0.3) is 10.2 Å². The van der Waals surface area contributed by atoms with Crippen molar-refractivity contribution in [2.45, 2.75) is 32.2 Å². The maximum Gasteiger partial charge on any atom is 0.271 e. The quantitative estimate of drug-likeness (QED) is 0.708. The van der Waals surface area contributed by atoms with Gasteiger partial charge in [0.15, 0.2) is 0 Å². The number of thiophene rings is 1. The smallest absolute Gasteiger partial charge is 0.271 e. The van der Waals surface area contributed by atoms with Crippen LogP contribution < -0.4 is 5.56 Å². The number of aromatic nitrogens is 3. The molecule has 0 atom stereocenters. The number of nitrogens with zero attached hydrogens (tertiary/aromatic N) is 4. The van der Waals surface area contributed by atoms with Crippen molar-refractivity contribution in [3.63, 3.8) is 0 Å². The number of aryl methyl sites for hydroxylation is 1. The van der Waals surface area contributed by atoms with E-state index < -0.39 is 0 Å². The summed E-state index contributed by atoms with van der Waals surface area (Å²) in [5.74, 6) is 0.940. The molecule has 0 saturated heterocycles. The van der Waals surface area contributed by atoms with E-state index in [2.05, 4.69) is 9.97 Å². The van der Waals surface area contributed by atoms with Crippen molar-refractivity contribution in [2.24, 2.45) is 0 Å². The fourth-order valence-corrected chi connectivity index (χ4v) is 4.16. The van der Waals surface area contributed by atoms with Crippen LogP contribution in [0, 0.1) is 0 Å². The molecule has 0 aromatic carbocycles. The molecule has 134 valence electrons. The molecule has 1 aliphatic heterocycles. The van der Waals surface area contributed by atoms with Crippen LogP contribution in [-0.2, 0) is 24.2 Å². The van der Waals surface area contributed by atoms with Crippen LogP contribution >= 0.6 is 11.3 Å². The molecule has 0 saturated carbocycles. The predicted octanol–water partition coefficient (Wildman–Crippen LogP) is 2.26. The first-order chi connectivity index (χ1) is 12.7. The SMILES string of the molecule is O=C(CCCc1ccncc1)N1CCc2nc3ccsc3c(=O)n2CC1. The largest absolute Gasteiger partial charge is 0.340 e. The van der Waals surface area contributed by atoms with Gasteiger partial charge in [0.05, 0.1) is 5.52 Å². The monoisotopic (exact) mass is 368 g/mol. The molecular weight excluding hydrogens is 348 g/mol. The minimum Gasteiger partial charge on any atom is -0.340 e. The summed E-state index contributed by atoms with van der Waals surface area (Å²) in [7, 11) is 0. The van der Waals surface area contributed by atoms with E-state index in [-0.39, 0.29) is 11.5 Å². The first-order valence-electron chi connectivity index (χ1n) is 8.86. The van der Waals surface area contributed by atoms with Gasteiger partial charge in [-0.25, -0.2) is 4.98 Å².